The number of benzene rings is 2. The zero-order chi connectivity index (χ0) is 14.3. The second kappa shape index (κ2) is 4.84. The first kappa shape index (κ1) is 13.5. The van der Waals surface area contributed by atoms with Crippen molar-refractivity contribution >= 4 is 20.8 Å². The molecular formula is C15H18N2O2S. The van der Waals surface area contributed by atoms with Crippen molar-refractivity contribution in [2.45, 2.75) is 17.9 Å². The lowest BCUT2D eigenvalue weighted by Crippen LogP contribution is -2.32. The summed E-state index contributed by atoms with van der Waals surface area (Å²) in [7, 11) is -3.48. The molecule has 2 atom stereocenters. The highest BCUT2D eigenvalue weighted by molar-refractivity contribution is 7.89. The Balaban J connectivity index is 2.11. The zero-order valence-corrected chi connectivity index (χ0v) is 12.2. The van der Waals surface area contributed by atoms with Gasteiger partial charge in [0.05, 0.1) is 4.90 Å². The molecule has 1 saturated heterocycles. The SMILES string of the molecule is CC1CN(S(=O)(=O)c2cccc3ccccc23)CC1N. The van der Waals surface area contributed by atoms with Crippen LogP contribution < -0.4 is 5.73 Å². The van der Waals surface area contributed by atoms with E-state index in [9.17, 15) is 8.42 Å². The van der Waals surface area contributed by atoms with Crippen LogP contribution >= 0.6 is 0 Å². The molecule has 0 radical (unpaired) electrons. The predicted molar refractivity (Wildman–Crippen MR) is 79.8 cm³/mol. The number of sulfonamides is 1. The van der Waals surface area contributed by atoms with Gasteiger partial charge in [0.2, 0.25) is 10.0 Å². The minimum absolute atomic E-state index is 0.0836. The fourth-order valence-electron chi connectivity index (χ4n) is 2.70. The smallest absolute Gasteiger partial charge is 0.243 e. The van der Waals surface area contributed by atoms with Crippen LogP contribution in [0.4, 0.5) is 0 Å². The van der Waals surface area contributed by atoms with Crippen molar-refractivity contribution in [2.75, 3.05) is 13.1 Å². The number of hydrogen-bond acceptors (Lipinski definition) is 3. The van der Waals surface area contributed by atoms with Crippen LogP contribution in [0.3, 0.4) is 0 Å². The minimum atomic E-state index is -3.48. The number of nitrogens with zero attached hydrogens (tertiary/aromatic N) is 1. The van der Waals surface area contributed by atoms with Crippen molar-refractivity contribution < 1.29 is 8.42 Å². The summed E-state index contributed by atoms with van der Waals surface area (Å²) < 4.78 is 27.1. The number of rotatable bonds is 2. The molecule has 2 aromatic rings. The first-order chi connectivity index (χ1) is 9.50. The lowest BCUT2D eigenvalue weighted by atomic mass is 10.1. The van der Waals surface area contributed by atoms with Gasteiger partial charge in [0, 0.05) is 24.5 Å². The van der Waals surface area contributed by atoms with Gasteiger partial charge in [-0.25, -0.2) is 8.42 Å². The van der Waals surface area contributed by atoms with Gasteiger partial charge >= 0.3 is 0 Å². The molecule has 0 aliphatic carbocycles. The Labute approximate surface area is 119 Å². The highest BCUT2D eigenvalue weighted by Gasteiger charge is 2.35. The van der Waals surface area contributed by atoms with E-state index in [1.807, 2.05) is 37.3 Å². The van der Waals surface area contributed by atoms with Crippen molar-refractivity contribution in [1.82, 2.24) is 4.31 Å². The largest absolute Gasteiger partial charge is 0.326 e. The maximum absolute atomic E-state index is 12.8. The Morgan fingerprint density at radius 3 is 2.50 bits per heavy atom. The molecule has 2 N–H and O–H groups in total. The molecule has 3 rings (SSSR count). The molecule has 1 fully saturated rings. The summed E-state index contributed by atoms with van der Waals surface area (Å²) in [6, 6.07) is 12.8. The topological polar surface area (TPSA) is 63.4 Å². The Bertz CT molecular complexity index is 727. The summed E-state index contributed by atoms with van der Waals surface area (Å²) in [5.74, 6) is 0.194. The molecule has 2 aromatic carbocycles. The van der Waals surface area contributed by atoms with Gasteiger partial charge in [-0.05, 0) is 17.4 Å². The van der Waals surface area contributed by atoms with E-state index in [4.69, 9.17) is 5.73 Å². The van der Waals surface area contributed by atoms with Gasteiger partial charge in [-0.15, -0.1) is 0 Å². The van der Waals surface area contributed by atoms with E-state index in [1.54, 1.807) is 12.1 Å². The third-order valence-corrected chi connectivity index (χ3v) is 5.89. The Kier molecular flexibility index (Phi) is 3.28. The average Bonchev–Trinajstić information content (AvgIpc) is 2.79. The van der Waals surface area contributed by atoms with Crippen LogP contribution in [0.5, 0.6) is 0 Å². The van der Waals surface area contributed by atoms with Crippen LogP contribution in [-0.2, 0) is 10.0 Å². The molecule has 106 valence electrons. The predicted octanol–water partition coefficient (Wildman–Crippen LogP) is 1.81. The van der Waals surface area contributed by atoms with E-state index in [1.165, 1.54) is 4.31 Å². The molecule has 1 aliphatic rings. The summed E-state index contributed by atoms with van der Waals surface area (Å²) in [5, 5.41) is 1.70. The van der Waals surface area contributed by atoms with Crippen LogP contribution in [0.25, 0.3) is 10.8 Å². The summed E-state index contributed by atoms with van der Waals surface area (Å²) >= 11 is 0. The Morgan fingerprint density at radius 2 is 1.80 bits per heavy atom. The van der Waals surface area contributed by atoms with Crippen molar-refractivity contribution in [3.8, 4) is 0 Å². The molecule has 0 aromatic heterocycles. The molecule has 1 heterocycles. The van der Waals surface area contributed by atoms with E-state index in [2.05, 4.69) is 0 Å². The molecule has 1 aliphatic heterocycles. The highest BCUT2D eigenvalue weighted by Crippen LogP contribution is 2.28. The maximum atomic E-state index is 12.8. The summed E-state index contributed by atoms with van der Waals surface area (Å²) in [5.41, 5.74) is 5.95. The van der Waals surface area contributed by atoms with Crippen molar-refractivity contribution in [3.05, 3.63) is 42.5 Å². The first-order valence-corrected chi connectivity index (χ1v) is 8.17. The molecule has 0 saturated carbocycles. The molecule has 4 nitrogen and oxygen atoms in total. The molecular weight excluding hydrogens is 272 g/mol. The normalized spacial score (nSPS) is 24.3. The number of hydrogen-bond donors (Lipinski definition) is 1. The quantitative estimate of drug-likeness (QED) is 0.917. The summed E-state index contributed by atoms with van der Waals surface area (Å²) in [4.78, 5) is 0.372. The van der Waals surface area contributed by atoms with Gasteiger partial charge in [-0.1, -0.05) is 43.3 Å². The van der Waals surface area contributed by atoms with Gasteiger partial charge in [-0.2, -0.15) is 4.31 Å². The maximum Gasteiger partial charge on any atom is 0.243 e. The standard InChI is InChI=1S/C15H18N2O2S/c1-11-9-17(10-14(11)16)20(18,19)15-8-4-6-12-5-2-3-7-13(12)15/h2-8,11,14H,9-10,16H2,1H3. The van der Waals surface area contributed by atoms with E-state index >= 15 is 0 Å². The molecule has 5 heteroatoms. The van der Waals surface area contributed by atoms with Crippen molar-refractivity contribution in [1.29, 1.82) is 0 Å². The fourth-order valence-corrected chi connectivity index (χ4v) is 4.49. The van der Waals surface area contributed by atoms with E-state index in [-0.39, 0.29) is 12.0 Å². The third-order valence-electron chi connectivity index (χ3n) is 4.00. The minimum Gasteiger partial charge on any atom is -0.326 e. The van der Waals surface area contributed by atoms with E-state index in [0.29, 0.717) is 18.0 Å². The monoisotopic (exact) mass is 290 g/mol. The van der Waals surface area contributed by atoms with Crippen molar-refractivity contribution in [2.24, 2.45) is 11.7 Å². The van der Waals surface area contributed by atoms with E-state index in [0.717, 1.165) is 10.8 Å². The zero-order valence-electron chi connectivity index (χ0n) is 11.4. The molecule has 0 amide bonds. The van der Waals surface area contributed by atoms with Crippen LogP contribution in [0.2, 0.25) is 0 Å². The second-order valence-electron chi connectivity index (χ2n) is 5.44. The number of fused-ring (bicyclic) bond motifs is 1. The number of nitrogens with two attached hydrogens (primary N) is 1. The van der Waals surface area contributed by atoms with Crippen LogP contribution in [-0.4, -0.2) is 31.9 Å². The van der Waals surface area contributed by atoms with Gasteiger partial charge in [-0.3, -0.25) is 0 Å². The summed E-state index contributed by atoms with van der Waals surface area (Å²) in [6.45, 7) is 2.88. The van der Waals surface area contributed by atoms with Crippen LogP contribution in [0.15, 0.2) is 47.4 Å². The van der Waals surface area contributed by atoms with Gasteiger partial charge in [0.1, 0.15) is 0 Å². The second-order valence-corrected chi connectivity index (χ2v) is 7.35. The Hall–Kier alpha value is -1.43. The lowest BCUT2D eigenvalue weighted by molar-refractivity contribution is 0.465. The highest BCUT2D eigenvalue weighted by atomic mass is 32.2. The molecule has 0 spiro atoms. The van der Waals surface area contributed by atoms with Gasteiger partial charge in [0.25, 0.3) is 0 Å². The van der Waals surface area contributed by atoms with Crippen molar-refractivity contribution in [3.63, 3.8) is 0 Å². The van der Waals surface area contributed by atoms with Crippen LogP contribution in [0.1, 0.15) is 6.92 Å². The average molecular weight is 290 g/mol. The molecule has 20 heavy (non-hydrogen) atoms. The lowest BCUT2D eigenvalue weighted by Gasteiger charge is -2.17. The fraction of sp³-hybridized carbons (Fsp3) is 0.333. The Morgan fingerprint density at radius 1 is 1.10 bits per heavy atom. The molecule has 0 bridgehead atoms. The third kappa shape index (κ3) is 2.12. The van der Waals surface area contributed by atoms with Gasteiger partial charge in [0.15, 0.2) is 0 Å². The summed E-state index contributed by atoms with van der Waals surface area (Å²) in [6.07, 6.45) is 0. The van der Waals surface area contributed by atoms with E-state index < -0.39 is 10.0 Å². The first-order valence-electron chi connectivity index (χ1n) is 6.73. The van der Waals surface area contributed by atoms with Crippen LogP contribution in [0, 0.1) is 5.92 Å². The van der Waals surface area contributed by atoms with Gasteiger partial charge < -0.3 is 5.73 Å². The molecule has 2 unspecified atom stereocenters.